The van der Waals surface area contributed by atoms with Crippen LogP contribution in [-0.4, -0.2) is 48.0 Å². The largest absolute Gasteiger partial charge is 0.395 e. The Balaban J connectivity index is 1.35. The Hall–Kier alpha value is -2.99. The lowest BCUT2D eigenvalue weighted by molar-refractivity contribution is -0.199. The van der Waals surface area contributed by atoms with Crippen molar-refractivity contribution < 1.29 is 19.5 Å². The third-order valence-corrected chi connectivity index (χ3v) is 6.05. The number of rotatable bonds is 10. The second-order valence-electron chi connectivity index (χ2n) is 8.42. The number of aliphatic hydroxyl groups excluding tert-OH is 1. The average molecular weight is 446 g/mol. The molecule has 3 aromatic rings. The first kappa shape index (κ1) is 23.2. The molecule has 33 heavy (non-hydrogen) atoms. The molecule has 172 valence electrons. The van der Waals surface area contributed by atoms with E-state index in [9.17, 15) is 9.90 Å². The fraction of sp³-hybridized carbons (Fsp3) is 0.321. The van der Waals surface area contributed by atoms with Crippen LogP contribution in [0.3, 0.4) is 0 Å². The summed E-state index contributed by atoms with van der Waals surface area (Å²) in [5.41, 5.74) is 3.05. The van der Waals surface area contributed by atoms with Gasteiger partial charge in [-0.2, -0.15) is 0 Å². The van der Waals surface area contributed by atoms with E-state index in [2.05, 4.69) is 12.1 Å². The van der Waals surface area contributed by atoms with Gasteiger partial charge in [0, 0.05) is 6.61 Å². The van der Waals surface area contributed by atoms with E-state index in [1.807, 2.05) is 78.9 Å². The Bertz CT molecular complexity index is 941. The van der Waals surface area contributed by atoms with E-state index in [0.29, 0.717) is 19.6 Å². The van der Waals surface area contributed by atoms with E-state index < -0.39 is 5.92 Å². The lowest BCUT2D eigenvalue weighted by atomic mass is 9.91. The molecule has 5 heteroatoms. The Morgan fingerprint density at radius 1 is 0.909 bits per heavy atom. The molecule has 0 spiro atoms. The van der Waals surface area contributed by atoms with Crippen molar-refractivity contribution in [1.82, 2.24) is 5.06 Å². The normalized spacial score (nSPS) is 18.5. The Labute approximate surface area is 195 Å². The molecule has 1 aliphatic heterocycles. The van der Waals surface area contributed by atoms with E-state index in [1.165, 1.54) is 5.56 Å². The van der Waals surface area contributed by atoms with Gasteiger partial charge in [0.2, 0.25) is 0 Å². The lowest BCUT2D eigenvalue weighted by Crippen LogP contribution is -2.36. The van der Waals surface area contributed by atoms with Crippen molar-refractivity contribution >= 4 is 5.97 Å². The zero-order valence-electron chi connectivity index (χ0n) is 18.8. The van der Waals surface area contributed by atoms with Gasteiger partial charge in [-0.1, -0.05) is 91.0 Å². The van der Waals surface area contributed by atoms with Crippen molar-refractivity contribution in [1.29, 1.82) is 0 Å². The van der Waals surface area contributed by atoms with Crippen LogP contribution in [0, 0.1) is 0 Å². The van der Waals surface area contributed by atoms with Crippen LogP contribution in [0.15, 0.2) is 91.0 Å². The smallest absolute Gasteiger partial charge is 0.336 e. The summed E-state index contributed by atoms with van der Waals surface area (Å²) < 4.78 is 6.05. The summed E-state index contributed by atoms with van der Waals surface area (Å²) >= 11 is 0. The maximum Gasteiger partial charge on any atom is 0.336 e. The van der Waals surface area contributed by atoms with Crippen LogP contribution in [0.25, 0.3) is 0 Å². The van der Waals surface area contributed by atoms with Crippen LogP contribution in [-0.2, 0) is 20.8 Å². The molecular weight excluding hydrogens is 414 g/mol. The minimum atomic E-state index is -0.530. The topological polar surface area (TPSA) is 59.0 Å². The van der Waals surface area contributed by atoms with Crippen molar-refractivity contribution in [2.45, 2.75) is 37.3 Å². The monoisotopic (exact) mass is 445 g/mol. The second kappa shape index (κ2) is 11.8. The molecule has 0 aromatic heterocycles. The van der Waals surface area contributed by atoms with E-state index in [1.54, 1.807) is 5.06 Å². The second-order valence-corrected chi connectivity index (χ2v) is 8.42. The van der Waals surface area contributed by atoms with E-state index in [-0.39, 0.29) is 24.7 Å². The number of aryl methyl sites for hydroxylation is 1. The number of hydrogen-bond acceptors (Lipinski definition) is 5. The van der Waals surface area contributed by atoms with Gasteiger partial charge >= 0.3 is 5.97 Å². The number of nitrogens with zero attached hydrogens (tertiary/aromatic N) is 1. The molecule has 4 rings (SSSR count). The maximum atomic E-state index is 13.3. The van der Waals surface area contributed by atoms with Crippen LogP contribution >= 0.6 is 0 Å². The molecule has 0 amide bonds. The molecule has 0 radical (unpaired) electrons. The fourth-order valence-corrected chi connectivity index (χ4v) is 4.34. The summed E-state index contributed by atoms with van der Waals surface area (Å²) in [6.45, 7) is 1.01. The van der Waals surface area contributed by atoms with Gasteiger partial charge in [-0.3, -0.25) is 0 Å². The minimum Gasteiger partial charge on any atom is -0.395 e. The highest BCUT2D eigenvalue weighted by Gasteiger charge is 2.37. The Kier molecular flexibility index (Phi) is 8.25. The molecule has 0 saturated carbocycles. The zero-order chi connectivity index (χ0) is 22.9. The fourth-order valence-electron chi connectivity index (χ4n) is 4.34. The highest BCUT2D eigenvalue weighted by Crippen LogP contribution is 2.28. The predicted molar refractivity (Wildman–Crippen MR) is 128 cm³/mol. The number of ether oxygens (including phenoxy) is 1. The summed E-state index contributed by atoms with van der Waals surface area (Å²) in [5.74, 6) is -0.881. The summed E-state index contributed by atoms with van der Waals surface area (Å²) in [5, 5.41) is 11.5. The van der Waals surface area contributed by atoms with Crippen molar-refractivity contribution in [3.8, 4) is 0 Å². The van der Waals surface area contributed by atoms with E-state index in [0.717, 1.165) is 24.0 Å². The van der Waals surface area contributed by atoms with E-state index in [4.69, 9.17) is 9.57 Å². The molecule has 0 aliphatic carbocycles. The van der Waals surface area contributed by atoms with Gasteiger partial charge in [0.1, 0.15) is 5.92 Å². The predicted octanol–water partition coefficient (Wildman–Crippen LogP) is 4.36. The molecule has 3 aromatic carbocycles. The molecule has 0 bridgehead atoms. The number of benzene rings is 3. The van der Waals surface area contributed by atoms with Crippen LogP contribution in [0.1, 0.15) is 35.4 Å². The molecule has 0 unspecified atom stereocenters. The average Bonchev–Trinajstić information content (AvgIpc) is 3.25. The number of hydroxylamine groups is 2. The van der Waals surface area contributed by atoms with Crippen molar-refractivity contribution in [2.24, 2.45) is 0 Å². The minimum absolute atomic E-state index is 0.0716. The van der Waals surface area contributed by atoms with Gasteiger partial charge in [0.05, 0.1) is 25.3 Å². The number of hydrogen-bond donors (Lipinski definition) is 1. The summed E-state index contributed by atoms with van der Waals surface area (Å²) in [6.07, 6.45) is 2.45. The first-order valence-electron chi connectivity index (χ1n) is 11.6. The highest BCUT2D eigenvalue weighted by atomic mass is 16.7. The Morgan fingerprint density at radius 2 is 1.48 bits per heavy atom. The van der Waals surface area contributed by atoms with Crippen molar-refractivity contribution in [2.75, 3.05) is 19.8 Å². The first-order valence-corrected chi connectivity index (χ1v) is 11.6. The number of aliphatic hydroxyl groups is 1. The molecular formula is C28H31NO4. The first-order chi connectivity index (χ1) is 16.2. The van der Waals surface area contributed by atoms with Crippen LogP contribution < -0.4 is 0 Å². The van der Waals surface area contributed by atoms with Gasteiger partial charge in [0.15, 0.2) is 0 Å². The van der Waals surface area contributed by atoms with Crippen molar-refractivity contribution in [3.63, 3.8) is 0 Å². The third-order valence-electron chi connectivity index (χ3n) is 6.05. The molecule has 1 fully saturated rings. The standard InChI is InChI=1S/C28H31NO4/c30-21-25-19-26(32-18-10-13-22-11-4-1-5-12-22)20-29(25)33-28(31)27(23-14-6-2-7-15-23)24-16-8-3-9-17-24/h1-9,11-12,14-17,25-27,30H,10,13,18-21H2/t25-,26-/m0/s1. The van der Waals surface area contributed by atoms with Crippen molar-refractivity contribution in [3.05, 3.63) is 108 Å². The number of carbonyl (C=O) groups excluding carboxylic acids is 1. The molecule has 1 heterocycles. The van der Waals surface area contributed by atoms with Crippen LogP contribution in [0.2, 0.25) is 0 Å². The molecule has 2 atom stereocenters. The van der Waals surface area contributed by atoms with Gasteiger partial charge in [-0.15, -0.1) is 5.06 Å². The quantitative estimate of drug-likeness (QED) is 0.470. The highest BCUT2D eigenvalue weighted by molar-refractivity contribution is 5.82. The maximum absolute atomic E-state index is 13.3. The molecule has 1 saturated heterocycles. The summed E-state index contributed by atoms with van der Waals surface area (Å²) in [4.78, 5) is 19.1. The Morgan fingerprint density at radius 3 is 2.06 bits per heavy atom. The third kappa shape index (κ3) is 6.29. The van der Waals surface area contributed by atoms with Gasteiger partial charge in [-0.25, -0.2) is 4.79 Å². The van der Waals surface area contributed by atoms with Crippen LogP contribution in [0.4, 0.5) is 0 Å². The lowest BCUT2D eigenvalue weighted by Gasteiger charge is -2.24. The van der Waals surface area contributed by atoms with Gasteiger partial charge < -0.3 is 14.7 Å². The molecule has 1 N–H and O–H groups in total. The summed E-state index contributed by atoms with van der Waals surface area (Å²) in [6, 6.07) is 29.4. The van der Waals surface area contributed by atoms with Gasteiger partial charge in [-0.05, 0) is 36.0 Å². The SMILES string of the molecule is O=C(ON1C[C@@H](OCCCc2ccccc2)C[C@H]1CO)C(c1ccccc1)c1ccccc1. The summed E-state index contributed by atoms with van der Waals surface area (Å²) in [7, 11) is 0. The van der Waals surface area contributed by atoms with Gasteiger partial charge in [0.25, 0.3) is 0 Å². The molecule has 5 nitrogen and oxygen atoms in total. The molecule has 1 aliphatic rings. The van der Waals surface area contributed by atoms with Crippen LogP contribution in [0.5, 0.6) is 0 Å². The zero-order valence-corrected chi connectivity index (χ0v) is 18.8. The van der Waals surface area contributed by atoms with E-state index >= 15 is 0 Å². The number of carbonyl (C=O) groups is 1.